The molecule has 4 nitrogen and oxygen atoms in total. The van der Waals surface area contributed by atoms with E-state index < -0.39 is 10.0 Å². The fourth-order valence-electron chi connectivity index (χ4n) is 1.84. The van der Waals surface area contributed by atoms with Crippen molar-refractivity contribution in [3.8, 4) is 0 Å². The van der Waals surface area contributed by atoms with Crippen molar-refractivity contribution in [2.45, 2.75) is 25.2 Å². The van der Waals surface area contributed by atoms with Crippen molar-refractivity contribution in [1.29, 1.82) is 0 Å². The van der Waals surface area contributed by atoms with E-state index in [2.05, 4.69) is 9.71 Å². The number of pyridine rings is 1. The van der Waals surface area contributed by atoms with Crippen LogP contribution in [0.3, 0.4) is 0 Å². The van der Waals surface area contributed by atoms with Gasteiger partial charge in [-0.2, -0.15) is 0 Å². The molecule has 0 spiro atoms. The molecule has 0 bridgehead atoms. The maximum absolute atomic E-state index is 12.2. The Morgan fingerprint density at radius 1 is 1.28 bits per heavy atom. The zero-order chi connectivity index (χ0) is 13.2. The molecule has 1 aromatic carbocycles. The van der Waals surface area contributed by atoms with Gasteiger partial charge in [0.25, 0.3) is 0 Å². The minimum absolute atomic E-state index is 0.296. The predicted octanol–water partition coefficient (Wildman–Crippen LogP) is 2.23. The van der Waals surface area contributed by atoms with Crippen LogP contribution in [-0.2, 0) is 10.0 Å². The number of sulfonamides is 1. The van der Waals surface area contributed by atoms with Crippen molar-refractivity contribution >= 4 is 20.9 Å². The van der Waals surface area contributed by atoms with Crippen LogP contribution in [0, 0.1) is 6.92 Å². The Hall–Kier alpha value is -1.46. The molecular formula is C13H16N2O2S. The van der Waals surface area contributed by atoms with Crippen LogP contribution in [0.25, 0.3) is 10.9 Å². The predicted molar refractivity (Wildman–Crippen MR) is 72.0 cm³/mol. The highest BCUT2D eigenvalue weighted by Crippen LogP contribution is 2.23. The van der Waals surface area contributed by atoms with Gasteiger partial charge in [0.05, 0.1) is 10.4 Å². The van der Waals surface area contributed by atoms with Crippen molar-refractivity contribution in [3.05, 3.63) is 36.0 Å². The lowest BCUT2D eigenvalue weighted by Gasteiger charge is -2.09. The fourth-order valence-corrected chi connectivity index (χ4v) is 3.17. The van der Waals surface area contributed by atoms with E-state index in [1.54, 1.807) is 30.5 Å². The van der Waals surface area contributed by atoms with Gasteiger partial charge < -0.3 is 0 Å². The number of aromatic nitrogens is 1. The monoisotopic (exact) mass is 264 g/mol. The van der Waals surface area contributed by atoms with E-state index in [9.17, 15) is 8.42 Å². The Labute approximate surface area is 107 Å². The van der Waals surface area contributed by atoms with Gasteiger partial charge in [-0.25, -0.2) is 13.1 Å². The molecule has 2 rings (SSSR count). The molecule has 0 atom stereocenters. The highest BCUT2D eigenvalue weighted by Gasteiger charge is 2.17. The van der Waals surface area contributed by atoms with Crippen molar-refractivity contribution in [3.63, 3.8) is 0 Å². The van der Waals surface area contributed by atoms with Gasteiger partial charge in [0.2, 0.25) is 10.0 Å². The Bertz CT molecular complexity index is 666. The van der Waals surface area contributed by atoms with Gasteiger partial charge in [0.1, 0.15) is 0 Å². The first-order valence-corrected chi connectivity index (χ1v) is 7.38. The summed E-state index contributed by atoms with van der Waals surface area (Å²) in [6.45, 7) is 4.29. The summed E-state index contributed by atoms with van der Waals surface area (Å²) in [5.41, 5.74) is 1.71. The van der Waals surface area contributed by atoms with Crippen LogP contribution in [0.2, 0.25) is 0 Å². The zero-order valence-electron chi connectivity index (χ0n) is 10.5. The van der Waals surface area contributed by atoms with Crippen LogP contribution in [0.5, 0.6) is 0 Å². The van der Waals surface area contributed by atoms with E-state index in [4.69, 9.17) is 0 Å². The van der Waals surface area contributed by atoms with Crippen molar-refractivity contribution < 1.29 is 8.42 Å². The van der Waals surface area contributed by atoms with Crippen molar-refractivity contribution in [1.82, 2.24) is 9.71 Å². The molecule has 96 valence electrons. The normalized spacial score (nSPS) is 11.9. The molecule has 1 aromatic heterocycles. The topological polar surface area (TPSA) is 59.1 Å². The molecule has 2 aromatic rings. The molecule has 18 heavy (non-hydrogen) atoms. The summed E-state index contributed by atoms with van der Waals surface area (Å²) in [5, 5.41) is 0.668. The molecule has 0 aliphatic carbocycles. The lowest BCUT2D eigenvalue weighted by Crippen LogP contribution is -2.24. The molecule has 1 N–H and O–H groups in total. The average Bonchev–Trinajstić information content (AvgIpc) is 2.37. The Balaban J connectivity index is 2.62. The Morgan fingerprint density at radius 3 is 2.78 bits per heavy atom. The molecular weight excluding hydrogens is 248 g/mol. The number of hydrogen-bond donors (Lipinski definition) is 1. The molecule has 0 radical (unpaired) electrons. The molecule has 5 heteroatoms. The van der Waals surface area contributed by atoms with Crippen LogP contribution < -0.4 is 4.72 Å². The van der Waals surface area contributed by atoms with Crippen LogP contribution in [0.4, 0.5) is 0 Å². The third-order valence-corrected chi connectivity index (χ3v) is 4.28. The van der Waals surface area contributed by atoms with E-state index in [0.29, 0.717) is 16.8 Å². The number of nitrogens with zero attached hydrogens (tertiary/aromatic N) is 1. The molecule has 0 saturated carbocycles. The van der Waals surface area contributed by atoms with E-state index in [1.165, 1.54) is 0 Å². The summed E-state index contributed by atoms with van der Waals surface area (Å²) >= 11 is 0. The quantitative estimate of drug-likeness (QED) is 0.921. The van der Waals surface area contributed by atoms with E-state index in [0.717, 1.165) is 17.5 Å². The first-order chi connectivity index (χ1) is 8.56. The lowest BCUT2D eigenvalue weighted by molar-refractivity contribution is 0.581. The molecule has 0 aliphatic rings. The second-order valence-electron chi connectivity index (χ2n) is 4.18. The molecule has 1 heterocycles. The summed E-state index contributed by atoms with van der Waals surface area (Å²) in [7, 11) is -3.46. The van der Waals surface area contributed by atoms with Crippen molar-refractivity contribution in [2.24, 2.45) is 0 Å². The SMILES string of the molecule is CCCNS(=O)(=O)c1ccc(C)c2ncccc12. The molecule has 0 unspecified atom stereocenters. The van der Waals surface area contributed by atoms with Gasteiger partial charge in [-0.05, 0) is 37.1 Å². The number of fused-ring (bicyclic) bond motifs is 1. The van der Waals surface area contributed by atoms with E-state index in [1.807, 2.05) is 13.8 Å². The number of benzene rings is 1. The maximum Gasteiger partial charge on any atom is 0.241 e. The van der Waals surface area contributed by atoms with Crippen LogP contribution in [0.1, 0.15) is 18.9 Å². The number of aryl methyl sites for hydroxylation is 1. The van der Waals surface area contributed by atoms with Gasteiger partial charge in [0, 0.05) is 18.1 Å². The third kappa shape index (κ3) is 2.37. The minimum atomic E-state index is -3.46. The van der Waals surface area contributed by atoms with E-state index >= 15 is 0 Å². The average molecular weight is 264 g/mol. The minimum Gasteiger partial charge on any atom is -0.256 e. The first-order valence-electron chi connectivity index (χ1n) is 5.90. The van der Waals surface area contributed by atoms with Gasteiger partial charge in [0.15, 0.2) is 0 Å². The number of nitrogens with one attached hydrogen (secondary N) is 1. The number of rotatable bonds is 4. The van der Waals surface area contributed by atoms with Gasteiger partial charge in [-0.3, -0.25) is 4.98 Å². The Kier molecular flexibility index (Phi) is 3.63. The maximum atomic E-state index is 12.2. The summed E-state index contributed by atoms with van der Waals surface area (Å²) in [6.07, 6.45) is 2.44. The summed E-state index contributed by atoms with van der Waals surface area (Å²) in [5.74, 6) is 0. The van der Waals surface area contributed by atoms with Gasteiger partial charge >= 0.3 is 0 Å². The fraction of sp³-hybridized carbons (Fsp3) is 0.308. The molecule has 0 aliphatic heterocycles. The second-order valence-corrected chi connectivity index (χ2v) is 5.91. The van der Waals surface area contributed by atoms with Gasteiger partial charge in [-0.15, -0.1) is 0 Å². The first kappa shape index (κ1) is 13.0. The molecule has 0 amide bonds. The van der Waals surface area contributed by atoms with Gasteiger partial charge in [-0.1, -0.05) is 13.0 Å². The van der Waals surface area contributed by atoms with Crippen LogP contribution in [0.15, 0.2) is 35.4 Å². The highest BCUT2D eigenvalue weighted by molar-refractivity contribution is 7.89. The van der Waals surface area contributed by atoms with Crippen LogP contribution >= 0.6 is 0 Å². The molecule has 0 fully saturated rings. The standard InChI is InChI=1S/C13H16N2O2S/c1-3-8-15-18(16,17)12-7-6-10(2)13-11(12)5-4-9-14-13/h4-7,9,15H,3,8H2,1-2H3. The second kappa shape index (κ2) is 5.04. The lowest BCUT2D eigenvalue weighted by atomic mass is 10.1. The number of hydrogen-bond acceptors (Lipinski definition) is 3. The van der Waals surface area contributed by atoms with Crippen LogP contribution in [-0.4, -0.2) is 19.9 Å². The highest BCUT2D eigenvalue weighted by atomic mass is 32.2. The summed E-state index contributed by atoms with van der Waals surface area (Å²) in [4.78, 5) is 4.54. The summed E-state index contributed by atoms with van der Waals surface area (Å²) < 4.78 is 26.9. The third-order valence-electron chi connectivity index (χ3n) is 2.76. The Morgan fingerprint density at radius 2 is 2.06 bits per heavy atom. The smallest absolute Gasteiger partial charge is 0.241 e. The van der Waals surface area contributed by atoms with Crippen molar-refractivity contribution in [2.75, 3.05) is 6.54 Å². The largest absolute Gasteiger partial charge is 0.256 e. The molecule has 0 saturated heterocycles. The summed E-state index contributed by atoms with van der Waals surface area (Å²) in [6, 6.07) is 6.96. The zero-order valence-corrected chi connectivity index (χ0v) is 11.3. The van der Waals surface area contributed by atoms with E-state index in [-0.39, 0.29) is 0 Å².